The van der Waals surface area contributed by atoms with Gasteiger partial charge in [-0.2, -0.15) is 0 Å². The molecule has 2 heteroatoms. The zero-order valence-electron chi connectivity index (χ0n) is 8.72. The Morgan fingerprint density at radius 1 is 1.09 bits per heavy atom. The van der Waals surface area contributed by atoms with Gasteiger partial charge in [-0.3, -0.25) is 0 Å². The second-order valence-corrected chi connectivity index (χ2v) is 6.99. The zero-order chi connectivity index (χ0) is 8.85. The molecule has 1 atom stereocenters. The molecule has 0 fully saturated rings. The molecule has 0 radical (unpaired) electrons. The Kier molecular flexibility index (Phi) is 5.87. The topological polar surface area (TPSA) is 3.24 Å². The number of nitrogens with zero attached hydrogens (tertiary/aromatic N) is 1. The van der Waals surface area contributed by atoms with E-state index in [0.717, 1.165) is 11.2 Å². The maximum Gasteiger partial charge on any atom is 0.0430 e. The van der Waals surface area contributed by atoms with E-state index in [1.54, 1.807) is 0 Å². The monoisotopic (exact) mass is 173 g/mol. The third kappa shape index (κ3) is 4.59. The first kappa shape index (κ1) is 11.2. The van der Waals surface area contributed by atoms with Crippen molar-refractivity contribution in [3.63, 3.8) is 0 Å². The van der Waals surface area contributed by atoms with E-state index < -0.39 is 0 Å². The summed E-state index contributed by atoms with van der Waals surface area (Å²) in [7, 11) is 0.127. The molecule has 0 aromatic rings. The average Bonchev–Trinajstić information content (AvgIpc) is 1.88. The first-order valence-corrected chi connectivity index (χ1v) is 6.49. The minimum atomic E-state index is 0.127. The van der Waals surface area contributed by atoms with Gasteiger partial charge in [-0.1, -0.05) is 40.2 Å². The summed E-state index contributed by atoms with van der Waals surface area (Å²) in [6.45, 7) is 14.1. The van der Waals surface area contributed by atoms with E-state index in [2.05, 4.69) is 39.5 Å². The zero-order valence-corrected chi connectivity index (χ0v) is 10.1. The van der Waals surface area contributed by atoms with Gasteiger partial charge in [0.1, 0.15) is 0 Å². The van der Waals surface area contributed by atoms with Gasteiger partial charge in [0.25, 0.3) is 0 Å². The van der Waals surface area contributed by atoms with E-state index in [4.69, 9.17) is 0 Å². The predicted octanol–water partition coefficient (Wildman–Crippen LogP) is 1.67. The van der Waals surface area contributed by atoms with Crippen LogP contribution in [0.5, 0.6) is 0 Å². The lowest BCUT2D eigenvalue weighted by atomic mass is 10.5. The van der Waals surface area contributed by atoms with E-state index in [9.17, 15) is 0 Å². The van der Waals surface area contributed by atoms with Crippen LogP contribution in [0.4, 0.5) is 0 Å². The van der Waals surface area contributed by atoms with Gasteiger partial charge in [0.2, 0.25) is 0 Å². The summed E-state index contributed by atoms with van der Waals surface area (Å²) in [6, 6.07) is 0. The van der Waals surface area contributed by atoms with Crippen molar-refractivity contribution in [2.75, 3.05) is 13.1 Å². The normalized spacial score (nSPS) is 15.5. The van der Waals surface area contributed by atoms with Gasteiger partial charge in [-0.15, -0.1) is 0 Å². The van der Waals surface area contributed by atoms with Gasteiger partial charge in [0.15, 0.2) is 0 Å². The number of rotatable bonds is 5. The van der Waals surface area contributed by atoms with Crippen molar-refractivity contribution in [2.24, 2.45) is 0 Å². The minimum Gasteiger partial charge on any atom is -0.305 e. The van der Waals surface area contributed by atoms with E-state index in [0.29, 0.717) is 0 Å². The van der Waals surface area contributed by atoms with Crippen molar-refractivity contribution in [2.45, 2.75) is 45.8 Å². The van der Waals surface area contributed by atoms with Gasteiger partial charge in [-0.25, -0.2) is 0 Å². The van der Waals surface area contributed by atoms with Crippen LogP contribution >= 0.6 is 0 Å². The Labute approximate surface area is 74.0 Å². The predicted molar refractivity (Wildman–Crippen MR) is 56.0 cm³/mol. The highest BCUT2D eigenvalue weighted by Gasteiger charge is 2.11. The van der Waals surface area contributed by atoms with Gasteiger partial charge in [0.05, 0.1) is 0 Å². The van der Waals surface area contributed by atoms with Gasteiger partial charge < -0.3 is 4.90 Å². The highest BCUT2D eigenvalue weighted by molar-refractivity contribution is 6.39. The molecule has 0 heterocycles. The fourth-order valence-electron chi connectivity index (χ4n) is 1.68. The SMILES string of the molecule is CCN(CC)C(C)[SiH2]C(C)C. The van der Waals surface area contributed by atoms with E-state index >= 15 is 0 Å². The van der Waals surface area contributed by atoms with Crippen molar-refractivity contribution in [3.05, 3.63) is 0 Å². The molecule has 11 heavy (non-hydrogen) atoms. The van der Waals surface area contributed by atoms with Gasteiger partial charge in [-0.05, 0) is 18.8 Å². The fourth-order valence-corrected chi connectivity index (χ4v) is 3.86. The van der Waals surface area contributed by atoms with Crippen LogP contribution < -0.4 is 0 Å². The molecular formula is C9H23NSi. The molecule has 0 aliphatic carbocycles. The molecule has 1 nitrogen and oxygen atoms in total. The largest absolute Gasteiger partial charge is 0.305 e. The van der Waals surface area contributed by atoms with Crippen LogP contribution in [-0.2, 0) is 0 Å². The summed E-state index contributed by atoms with van der Waals surface area (Å²) in [5.74, 6) is 0. The molecule has 0 spiro atoms. The Morgan fingerprint density at radius 3 is 1.82 bits per heavy atom. The summed E-state index contributed by atoms with van der Waals surface area (Å²) < 4.78 is 0. The molecular weight excluding hydrogens is 150 g/mol. The van der Waals surface area contributed by atoms with Crippen LogP contribution in [0.15, 0.2) is 0 Å². The van der Waals surface area contributed by atoms with E-state index in [-0.39, 0.29) is 9.52 Å². The number of hydrogen-bond acceptors (Lipinski definition) is 1. The molecule has 0 N–H and O–H groups in total. The average molecular weight is 173 g/mol. The lowest BCUT2D eigenvalue weighted by Crippen LogP contribution is -2.37. The maximum absolute atomic E-state index is 2.58. The second kappa shape index (κ2) is 5.78. The molecule has 1 unspecified atom stereocenters. The highest BCUT2D eigenvalue weighted by Crippen LogP contribution is 2.05. The van der Waals surface area contributed by atoms with Crippen LogP contribution in [-0.4, -0.2) is 33.2 Å². The maximum atomic E-state index is 2.58. The Morgan fingerprint density at radius 2 is 1.55 bits per heavy atom. The first-order valence-electron chi connectivity index (χ1n) is 4.85. The fraction of sp³-hybridized carbons (Fsp3) is 1.00. The highest BCUT2D eigenvalue weighted by atomic mass is 28.2. The standard InChI is InChI=1S/C9H23NSi/c1-6-10(7-2)9(5)11-8(3)4/h8-9H,6-7,11H2,1-5H3. The molecule has 68 valence electrons. The van der Waals surface area contributed by atoms with Crippen LogP contribution in [0, 0.1) is 0 Å². The van der Waals surface area contributed by atoms with Crippen LogP contribution in [0.2, 0.25) is 5.54 Å². The summed E-state index contributed by atoms with van der Waals surface area (Å²) in [4.78, 5) is 2.58. The Bertz CT molecular complexity index is 89.6. The van der Waals surface area contributed by atoms with Crippen LogP contribution in [0.3, 0.4) is 0 Å². The van der Waals surface area contributed by atoms with E-state index in [1.807, 2.05) is 0 Å². The summed E-state index contributed by atoms with van der Waals surface area (Å²) in [5, 5.41) is 0. The van der Waals surface area contributed by atoms with Crippen LogP contribution in [0.1, 0.15) is 34.6 Å². The molecule has 0 saturated carbocycles. The van der Waals surface area contributed by atoms with Crippen molar-refractivity contribution < 1.29 is 0 Å². The van der Waals surface area contributed by atoms with E-state index in [1.165, 1.54) is 13.1 Å². The molecule has 0 aliphatic rings. The van der Waals surface area contributed by atoms with Gasteiger partial charge >= 0.3 is 0 Å². The molecule has 0 aliphatic heterocycles. The van der Waals surface area contributed by atoms with Crippen molar-refractivity contribution in [1.29, 1.82) is 0 Å². The summed E-state index contributed by atoms with van der Waals surface area (Å²) in [6.07, 6.45) is 0. The third-order valence-electron chi connectivity index (χ3n) is 2.25. The molecule has 0 saturated heterocycles. The minimum absolute atomic E-state index is 0.127. The molecule has 0 aromatic carbocycles. The first-order chi connectivity index (χ1) is 5.11. The Hall–Kier alpha value is 0.177. The van der Waals surface area contributed by atoms with Crippen molar-refractivity contribution >= 4 is 9.52 Å². The molecule has 0 rings (SSSR count). The Balaban J connectivity index is 3.68. The summed E-state index contributed by atoms with van der Waals surface area (Å²) >= 11 is 0. The summed E-state index contributed by atoms with van der Waals surface area (Å²) in [5.41, 5.74) is 1.86. The lowest BCUT2D eigenvalue weighted by Gasteiger charge is -2.27. The molecule has 0 bridgehead atoms. The smallest absolute Gasteiger partial charge is 0.0430 e. The number of hydrogen-bond donors (Lipinski definition) is 0. The second-order valence-electron chi connectivity index (χ2n) is 3.70. The third-order valence-corrected chi connectivity index (χ3v) is 4.39. The van der Waals surface area contributed by atoms with Gasteiger partial charge in [0, 0.05) is 9.52 Å². The molecule has 0 aromatic heterocycles. The van der Waals surface area contributed by atoms with Crippen molar-refractivity contribution in [3.8, 4) is 0 Å². The van der Waals surface area contributed by atoms with Crippen molar-refractivity contribution in [1.82, 2.24) is 4.90 Å². The molecule has 0 amide bonds. The lowest BCUT2D eigenvalue weighted by molar-refractivity contribution is 0.287. The quantitative estimate of drug-likeness (QED) is 0.572. The van der Waals surface area contributed by atoms with Crippen LogP contribution in [0.25, 0.3) is 0 Å².